The molecule has 0 saturated carbocycles. The number of aryl methyl sites for hydroxylation is 2. The number of Topliss-reactive ketones (excluding diaryl/α,β-unsaturated/α-hetero) is 1. The van der Waals surface area contributed by atoms with Gasteiger partial charge in [-0.25, -0.2) is 0 Å². The largest absolute Gasteiger partial charge is 0.497 e. The number of aliphatic hydroxyl groups is 1. The van der Waals surface area contributed by atoms with Gasteiger partial charge in [0.25, 0.3) is 5.91 Å². The van der Waals surface area contributed by atoms with Crippen molar-refractivity contribution in [3.8, 4) is 5.75 Å². The Hall–Kier alpha value is -2.96. The van der Waals surface area contributed by atoms with Crippen molar-refractivity contribution >= 4 is 33.3 Å². The van der Waals surface area contributed by atoms with Crippen LogP contribution in [0, 0.1) is 13.8 Å². The summed E-state index contributed by atoms with van der Waals surface area (Å²) in [4.78, 5) is 28.2. The average molecular weight is 494 g/mol. The average Bonchev–Trinajstić information content (AvgIpc) is 2.97. The van der Waals surface area contributed by atoms with Crippen LogP contribution in [0.15, 0.2) is 65.1 Å². The molecule has 0 aromatic heterocycles. The van der Waals surface area contributed by atoms with Crippen LogP contribution < -0.4 is 9.64 Å². The van der Waals surface area contributed by atoms with Gasteiger partial charge in [-0.1, -0.05) is 39.7 Å². The van der Waals surface area contributed by atoms with E-state index in [1.165, 1.54) is 0 Å². The topological polar surface area (TPSA) is 66.8 Å². The van der Waals surface area contributed by atoms with Gasteiger partial charge in [0.15, 0.2) is 11.4 Å². The zero-order valence-electron chi connectivity index (χ0n) is 18.2. The first-order valence-electron chi connectivity index (χ1n) is 10.3. The first kappa shape index (κ1) is 22.2. The van der Waals surface area contributed by atoms with Gasteiger partial charge in [-0.15, -0.1) is 0 Å². The van der Waals surface area contributed by atoms with E-state index >= 15 is 0 Å². The molecule has 1 amide bonds. The molecule has 32 heavy (non-hydrogen) atoms. The molecule has 1 aliphatic rings. The van der Waals surface area contributed by atoms with Crippen molar-refractivity contribution in [3.63, 3.8) is 0 Å². The zero-order valence-corrected chi connectivity index (χ0v) is 19.8. The van der Waals surface area contributed by atoms with Crippen molar-refractivity contribution in [3.05, 3.63) is 93.0 Å². The Bertz CT molecular complexity index is 1200. The number of amides is 1. The van der Waals surface area contributed by atoms with Gasteiger partial charge in [-0.2, -0.15) is 0 Å². The van der Waals surface area contributed by atoms with Crippen molar-refractivity contribution in [1.82, 2.24) is 0 Å². The molecule has 3 aromatic rings. The molecule has 4 rings (SSSR count). The monoisotopic (exact) mass is 493 g/mol. The fourth-order valence-electron chi connectivity index (χ4n) is 4.10. The Morgan fingerprint density at radius 2 is 1.78 bits per heavy atom. The Morgan fingerprint density at radius 3 is 2.47 bits per heavy atom. The van der Waals surface area contributed by atoms with Crippen molar-refractivity contribution < 1.29 is 19.4 Å². The van der Waals surface area contributed by atoms with Gasteiger partial charge < -0.3 is 14.7 Å². The molecule has 0 fully saturated rings. The molecule has 0 saturated heterocycles. The maximum Gasteiger partial charge on any atom is 0.264 e. The maximum atomic E-state index is 13.6. The third-order valence-electron chi connectivity index (χ3n) is 5.96. The fraction of sp³-hybridized carbons (Fsp3) is 0.231. The number of carbonyl (C=O) groups excluding carboxylic acids is 2. The lowest BCUT2D eigenvalue weighted by Crippen LogP contribution is -2.41. The Kier molecular flexibility index (Phi) is 5.93. The molecule has 6 heteroatoms. The van der Waals surface area contributed by atoms with Crippen molar-refractivity contribution in [2.24, 2.45) is 0 Å². The van der Waals surface area contributed by atoms with Gasteiger partial charge in [-0.3, -0.25) is 9.59 Å². The third-order valence-corrected chi connectivity index (χ3v) is 6.45. The molecule has 0 radical (unpaired) electrons. The number of methoxy groups -OCH3 is 1. The first-order valence-corrected chi connectivity index (χ1v) is 11.1. The van der Waals surface area contributed by atoms with Crippen LogP contribution in [0.4, 0.5) is 5.69 Å². The van der Waals surface area contributed by atoms with Crippen LogP contribution in [0.3, 0.4) is 0 Å². The molecule has 5 nitrogen and oxygen atoms in total. The minimum absolute atomic E-state index is 0.317. The summed E-state index contributed by atoms with van der Waals surface area (Å²) in [6.45, 7) is 4.32. The summed E-state index contributed by atoms with van der Waals surface area (Å²) < 4.78 is 5.87. The third kappa shape index (κ3) is 3.96. The number of rotatable bonds is 6. The van der Waals surface area contributed by atoms with E-state index in [9.17, 15) is 14.7 Å². The van der Waals surface area contributed by atoms with E-state index in [0.717, 1.165) is 21.2 Å². The molecular formula is C26H24BrNO4. The summed E-state index contributed by atoms with van der Waals surface area (Å²) in [5.74, 6) is -0.178. The molecule has 1 N–H and O–H groups in total. The molecule has 1 atom stereocenters. The SMILES string of the molecule is COc1ccc(C(=O)CC2(O)C(=O)N(Cc3cc(C)ccc3C)c3ccc(Br)cc32)cc1. The van der Waals surface area contributed by atoms with E-state index in [-0.39, 0.29) is 12.2 Å². The first-order chi connectivity index (χ1) is 15.2. The van der Waals surface area contributed by atoms with E-state index in [1.807, 2.05) is 38.1 Å². The summed E-state index contributed by atoms with van der Waals surface area (Å²) in [7, 11) is 1.55. The Balaban J connectivity index is 1.70. The highest BCUT2D eigenvalue weighted by Gasteiger charge is 2.51. The molecule has 0 aliphatic carbocycles. The highest BCUT2D eigenvalue weighted by atomic mass is 79.9. The van der Waals surface area contributed by atoms with Gasteiger partial charge in [0.05, 0.1) is 25.8 Å². The lowest BCUT2D eigenvalue weighted by Gasteiger charge is -2.23. The van der Waals surface area contributed by atoms with Gasteiger partial charge >= 0.3 is 0 Å². The van der Waals surface area contributed by atoms with Crippen molar-refractivity contribution in [1.29, 1.82) is 0 Å². The van der Waals surface area contributed by atoms with Crippen LogP contribution in [-0.4, -0.2) is 23.9 Å². The minimum atomic E-state index is -1.94. The van der Waals surface area contributed by atoms with E-state index in [0.29, 0.717) is 29.1 Å². The second-order valence-electron chi connectivity index (χ2n) is 8.17. The number of nitrogens with zero attached hydrogens (tertiary/aromatic N) is 1. The number of halogens is 1. The highest BCUT2D eigenvalue weighted by molar-refractivity contribution is 9.10. The normalized spacial score (nSPS) is 17.4. The lowest BCUT2D eigenvalue weighted by molar-refractivity contribution is -0.136. The molecule has 1 heterocycles. The molecule has 164 valence electrons. The van der Waals surface area contributed by atoms with Gasteiger partial charge in [0, 0.05) is 15.6 Å². The van der Waals surface area contributed by atoms with Gasteiger partial charge in [0.1, 0.15) is 5.75 Å². The number of fused-ring (bicyclic) bond motifs is 1. The fourth-order valence-corrected chi connectivity index (χ4v) is 4.46. The number of hydrogen-bond acceptors (Lipinski definition) is 4. The van der Waals surface area contributed by atoms with Crippen LogP contribution >= 0.6 is 15.9 Å². The van der Waals surface area contributed by atoms with E-state index in [1.54, 1.807) is 48.4 Å². The van der Waals surface area contributed by atoms with Crippen LogP contribution in [0.2, 0.25) is 0 Å². The Morgan fingerprint density at radius 1 is 1.06 bits per heavy atom. The predicted octanol–water partition coefficient (Wildman–Crippen LogP) is 5.08. The summed E-state index contributed by atoms with van der Waals surface area (Å²) in [5.41, 5.74) is 2.68. The standard InChI is InChI=1S/C26H24BrNO4/c1-16-4-5-17(2)19(12-16)15-28-23-11-8-20(27)13-22(23)26(31,25(28)30)14-24(29)18-6-9-21(32-3)10-7-18/h4-13,31H,14-15H2,1-3H3. The highest BCUT2D eigenvalue weighted by Crippen LogP contribution is 2.45. The number of hydrogen-bond donors (Lipinski definition) is 1. The number of ether oxygens (including phenoxy) is 1. The summed E-state index contributed by atoms with van der Waals surface area (Å²) >= 11 is 3.43. The zero-order chi connectivity index (χ0) is 23.0. The minimum Gasteiger partial charge on any atom is -0.497 e. The van der Waals surface area contributed by atoms with E-state index in [2.05, 4.69) is 15.9 Å². The van der Waals surface area contributed by atoms with Gasteiger partial charge in [0.2, 0.25) is 0 Å². The second-order valence-corrected chi connectivity index (χ2v) is 9.09. The summed E-state index contributed by atoms with van der Waals surface area (Å²) in [6.07, 6.45) is -0.342. The van der Waals surface area contributed by atoms with E-state index < -0.39 is 11.5 Å². The van der Waals surface area contributed by atoms with Crippen LogP contribution in [0.25, 0.3) is 0 Å². The van der Waals surface area contributed by atoms with Crippen LogP contribution in [-0.2, 0) is 16.9 Å². The van der Waals surface area contributed by atoms with Crippen molar-refractivity contribution in [2.75, 3.05) is 12.0 Å². The lowest BCUT2D eigenvalue weighted by atomic mass is 9.88. The van der Waals surface area contributed by atoms with Crippen molar-refractivity contribution in [2.45, 2.75) is 32.4 Å². The van der Waals surface area contributed by atoms with E-state index in [4.69, 9.17) is 4.74 Å². The van der Waals surface area contributed by atoms with Gasteiger partial charge in [-0.05, 0) is 67.4 Å². The maximum absolute atomic E-state index is 13.6. The number of carbonyl (C=O) groups is 2. The molecule has 1 unspecified atom stereocenters. The number of anilines is 1. The molecule has 3 aromatic carbocycles. The Labute approximate surface area is 195 Å². The number of ketones is 1. The summed E-state index contributed by atoms with van der Waals surface area (Å²) in [6, 6.07) is 18.1. The summed E-state index contributed by atoms with van der Waals surface area (Å²) in [5, 5.41) is 11.6. The smallest absolute Gasteiger partial charge is 0.264 e. The molecule has 0 bridgehead atoms. The second kappa shape index (κ2) is 8.52. The molecule has 1 aliphatic heterocycles. The molecule has 0 spiro atoms. The van der Waals surface area contributed by atoms with Crippen LogP contribution in [0.5, 0.6) is 5.75 Å². The number of benzene rings is 3. The quantitative estimate of drug-likeness (QED) is 0.486. The predicted molar refractivity (Wildman–Crippen MR) is 127 cm³/mol. The van der Waals surface area contributed by atoms with Crippen LogP contribution in [0.1, 0.15) is 39.0 Å². The molecular weight excluding hydrogens is 470 g/mol.